The second-order valence-corrected chi connectivity index (χ2v) is 21.6. The van der Waals surface area contributed by atoms with Gasteiger partial charge in [0.2, 0.25) is 0 Å². The third-order valence-electron chi connectivity index (χ3n) is 13.7. The predicted molar refractivity (Wildman–Crippen MR) is 357 cm³/mol. The van der Waals surface area contributed by atoms with Crippen LogP contribution >= 0.6 is 0 Å². The Labute approximate surface area is 505 Å². The van der Waals surface area contributed by atoms with E-state index in [2.05, 4.69) is 179 Å². The van der Waals surface area contributed by atoms with E-state index in [0.29, 0.717) is 19.3 Å². The van der Waals surface area contributed by atoms with Crippen molar-refractivity contribution < 1.29 is 28.6 Å². The molecule has 0 aliphatic carbocycles. The molecule has 0 amide bonds. The fourth-order valence-electron chi connectivity index (χ4n) is 8.80. The molecular formula is C76H122O6. The standard InChI is InChI=1S/C76H122O6/c1-4-7-10-13-16-19-22-25-28-31-34-36-38-40-42-45-48-51-54-57-60-63-66-69-75(78)81-72-73(71-80-74(77)68-65-62-59-56-53-50-47-44-33-30-27-24-21-18-15-12-9-6-3)82-76(79)70-67-64-61-58-55-52-49-46-43-41-39-37-35-32-29-26-23-20-17-14-11-8-5-2/h7-8,10-11,16-17,19-21,24-26,28-30,33-37,40-43,48,51,73H,4-6,9,12-15,18,22-23,27,31-32,38-39,44-47,49-50,52-72H2,1-3H3/b10-7-,11-8-,19-16-,20-17-,24-21-,28-25-,29-26-,33-30-,36-34-,37-35-,42-40-,43-41-,51-48-. The van der Waals surface area contributed by atoms with Crippen molar-refractivity contribution in [3.63, 3.8) is 0 Å². The van der Waals surface area contributed by atoms with Gasteiger partial charge in [0, 0.05) is 19.3 Å². The first-order valence-electron chi connectivity index (χ1n) is 33.5. The Balaban J connectivity index is 4.51. The van der Waals surface area contributed by atoms with Gasteiger partial charge in [-0.3, -0.25) is 14.4 Å². The highest BCUT2D eigenvalue weighted by molar-refractivity contribution is 5.71. The average Bonchev–Trinajstić information content (AvgIpc) is 3.47. The third kappa shape index (κ3) is 65.8. The lowest BCUT2D eigenvalue weighted by Crippen LogP contribution is -2.30. The Kier molecular flexibility index (Phi) is 64.4. The average molecular weight is 1130 g/mol. The molecule has 0 bridgehead atoms. The molecule has 462 valence electrons. The first-order valence-corrected chi connectivity index (χ1v) is 33.5. The van der Waals surface area contributed by atoms with Crippen molar-refractivity contribution in [3.05, 3.63) is 158 Å². The molecule has 0 aliphatic heterocycles. The number of rotatable bonds is 59. The second-order valence-electron chi connectivity index (χ2n) is 21.6. The number of ether oxygens (including phenoxy) is 3. The lowest BCUT2D eigenvalue weighted by atomic mass is 10.1. The van der Waals surface area contributed by atoms with Gasteiger partial charge in [-0.1, -0.05) is 275 Å². The fraction of sp³-hybridized carbons (Fsp3) is 0.618. The maximum absolute atomic E-state index is 13.0. The van der Waals surface area contributed by atoms with Crippen molar-refractivity contribution in [2.45, 2.75) is 290 Å². The molecule has 0 heterocycles. The Bertz CT molecular complexity index is 1830. The van der Waals surface area contributed by atoms with Crippen molar-refractivity contribution >= 4 is 17.9 Å². The van der Waals surface area contributed by atoms with Gasteiger partial charge in [-0.2, -0.15) is 0 Å². The third-order valence-corrected chi connectivity index (χ3v) is 13.7. The van der Waals surface area contributed by atoms with Crippen LogP contribution in [0.4, 0.5) is 0 Å². The Morgan fingerprint density at radius 3 is 0.744 bits per heavy atom. The zero-order valence-corrected chi connectivity index (χ0v) is 52.9. The molecule has 1 atom stereocenters. The molecule has 0 aromatic rings. The van der Waals surface area contributed by atoms with Crippen LogP contribution in [0.3, 0.4) is 0 Å². The van der Waals surface area contributed by atoms with Crippen LogP contribution in [0.25, 0.3) is 0 Å². The van der Waals surface area contributed by atoms with Crippen LogP contribution in [0.2, 0.25) is 0 Å². The number of allylic oxidation sites excluding steroid dienone is 26. The first-order chi connectivity index (χ1) is 40.5. The van der Waals surface area contributed by atoms with E-state index in [4.69, 9.17) is 14.2 Å². The first kappa shape index (κ1) is 77.0. The predicted octanol–water partition coefficient (Wildman–Crippen LogP) is 23.3. The normalized spacial score (nSPS) is 13.2. The molecule has 0 aromatic carbocycles. The number of unbranched alkanes of at least 4 members (excludes halogenated alkanes) is 22. The molecule has 0 saturated heterocycles. The lowest BCUT2D eigenvalue weighted by molar-refractivity contribution is -0.167. The summed E-state index contributed by atoms with van der Waals surface area (Å²) < 4.78 is 16.9. The van der Waals surface area contributed by atoms with Gasteiger partial charge >= 0.3 is 17.9 Å². The van der Waals surface area contributed by atoms with E-state index in [1.54, 1.807) is 0 Å². The molecule has 82 heavy (non-hydrogen) atoms. The van der Waals surface area contributed by atoms with Crippen LogP contribution in [-0.4, -0.2) is 37.2 Å². The quantitative estimate of drug-likeness (QED) is 0.0261. The van der Waals surface area contributed by atoms with Gasteiger partial charge in [-0.15, -0.1) is 0 Å². The van der Waals surface area contributed by atoms with Crippen molar-refractivity contribution in [2.75, 3.05) is 13.2 Å². The summed E-state index contributed by atoms with van der Waals surface area (Å²) in [6, 6.07) is 0. The van der Waals surface area contributed by atoms with E-state index in [0.717, 1.165) is 167 Å². The van der Waals surface area contributed by atoms with E-state index >= 15 is 0 Å². The Morgan fingerprint density at radius 1 is 0.256 bits per heavy atom. The molecule has 0 radical (unpaired) electrons. The van der Waals surface area contributed by atoms with Gasteiger partial charge in [-0.25, -0.2) is 0 Å². The van der Waals surface area contributed by atoms with E-state index in [-0.39, 0.29) is 31.1 Å². The van der Waals surface area contributed by atoms with Crippen molar-refractivity contribution in [2.24, 2.45) is 0 Å². The van der Waals surface area contributed by atoms with Crippen LogP contribution in [0, 0.1) is 0 Å². The molecule has 0 aromatic heterocycles. The Hall–Kier alpha value is -4.97. The summed E-state index contributed by atoms with van der Waals surface area (Å²) in [6.07, 6.45) is 99.5. The molecule has 6 nitrogen and oxygen atoms in total. The smallest absolute Gasteiger partial charge is 0.306 e. The van der Waals surface area contributed by atoms with E-state index < -0.39 is 6.10 Å². The molecule has 1 unspecified atom stereocenters. The van der Waals surface area contributed by atoms with Crippen LogP contribution in [0.1, 0.15) is 284 Å². The molecular weight excluding hydrogens is 1010 g/mol. The van der Waals surface area contributed by atoms with E-state index in [9.17, 15) is 14.4 Å². The second kappa shape index (κ2) is 68.5. The summed E-state index contributed by atoms with van der Waals surface area (Å²) in [5.74, 6) is -0.944. The molecule has 0 aliphatic rings. The fourth-order valence-corrected chi connectivity index (χ4v) is 8.80. The molecule has 0 rings (SSSR count). The van der Waals surface area contributed by atoms with Gasteiger partial charge in [0.1, 0.15) is 13.2 Å². The van der Waals surface area contributed by atoms with Gasteiger partial charge in [0.05, 0.1) is 0 Å². The van der Waals surface area contributed by atoms with Gasteiger partial charge in [0.15, 0.2) is 6.10 Å². The number of esters is 3. The highest BCUT2D eigenvalue weighted by Gasteiger charge is 2.19. The zero-order valence-electron chi connectivity index (χ0n) is 52.9. The van der Waals surface area contributed by atoms with E-state index in [1.165, 1.54) is 77.0 Å². The molecule has 0 N–H and O–H groups in total. The summed E-state index contributed by atoms with van der Waals surface area (Å²) in [7, 11) is 0. The van der Waals surface area contributed by atoms with Crippen LogP contribution in [0.5, 0.6) is 0 Å². The largest absolute Gasteiger partial charge is 0.462 e. The number of carbonyl (C=O) groups excluding carboxylic acids is 3. The minimum absolute atomic E-state index is 0.101. The molecule has 0 fully saturated rings. The minimum atomic E-state index is -0.809. The van der Waals surface area contributed by atoms with Crippen molar-refractivity contribution in [1.29, 1.82) is 0 Å². The highest BCUT2D eigenvalue weighted by Crippen LogP contribution is 2.15. The van der Waals surface area contributed by atoms with Crippen LogP contribution < -0.4 is 0 Å². The minimum Gasteiger partial charge on any atom is -0.462 e. The maximum atomic E-state index is 13.0. The number of hydrogen-bond acceptors (Lipinski definition) is 6. The van der Waals surface area contributed by atoms with Gasteiger partial charge in [0.25, 0.3) is 0 Å². The summed E-state index contributed by atoms with van der Waals surface area (Å²) >= 11 is 0. The van der Waals surface area contributed by atoms with Gasteiger partial charge < -0.3 is 14.2 Å². The highest BCUT2D eigenvalue weighted by atomic mass is 16.6. The van der Waals surface area contributed by atoms with Crippen LogP contribution in [0.15, 0.2) is 158 Å². The van der Waals surface area contributed by atoms with Crippen molar-refractivity contribution in [1.82, 2.24) is 0 Å². The topological polar surface area (TPSA) is 78.9 Å². The van der Waals surface area contributed by atoms with Gasteiger partial charge in [-0.05, 0) is 148 Å². The number of hydrogen-bond donors (Lipinski definition) is 0. The SMILES string of the molecule is CC/C=C\C/C=C\C/C=C\C/C=C\C/C=C\C/C=C\CCCCCCC(=O)OCC(COC(=O)CCCCCCCCC/C=C\C/C=C\CCCCCC)OC(=O)CCCCCCCCC/C=C\C/C=C\C/C=C\C/C=C\C/C=C\CC. The molecule has 0 spiro atoms. The zero-order chi connectivity index (χ0) is 59.2. The monoisotopic (exact) mass is 1130 g/mol. The number of carbonyl (C=O) groups is 3. The summed E-state index contributed by atoms with van der Waals surface area (Å²) in [4.78, 5) is 38.4. The summed E-state index contributed by atoms with van der Waals surface area (Å²) in [5, 5.41) is 0. The molecule has 6 heteroatoms. The van der Waals surface area contributed by atoms with Crippen LogP contribution in [-0.2, 0) is 28.6 Å². The van der Waals surface area contributed by atoms with E-state index in [1.807, 2.05) is 0 Å². The summed E-state index contributed by atoms with van der Waals surface area (Å²) in [5.41, 5.74) is 0. The summed E-state index contributed by atoms with van der Waals surface area (Å²) in [6.45, 7) is 6.37. The maximum Gasteiger partial charge on any atom is 0.306 e. The van der Waals surface area contributed by atoms with Crippen molar-refractivity contribution in [3.8, 4) is 0 Å². The lowest BCUT2D eigenvalue weighted by Gasteiger charge is -2.18. The Morgan fingerprint density at radius 2 is 0.476 bits per heavy atom. The molecule has 0 saturated carbocycles.